The van der Waals surface area contributed by atoms with Crippen LogP contribution in [0, 0.1) is 0 Å². The van der Waals surface area contributed by atoms with E-state index in [4.69, 9.17) is 16.3 Å². The van der Waals surface area contributed by atoms with E-state index < -0.39 is 0 Å². The Morgan fingerprint density at radius 3 is 2.68 bits per heavy atom. The smallest absolute Gasteiger partial charge is 0.255 e. The largest absolute Gasteiger partial charge is 0.492 e. The van der Waals surface area contributed by atoms with Crippen LogP contribution in [0.4, 0.5) is 0 Å². The van der Waals surface area contributed by atoms with Crippen LogP contribution in [-0.4, -0.2) is 51.2 Å². The van der Waals surface area contributed by atoms with Crippen LogP contribution in [0.25, 0.3) is 5.69 Å². The molecule has 0 aliphatic heterocycles. The van der Waals surface area contributed by atoms with Crippen LogP contribution in [0.3, 0.4) is 0 Å². The van der Waals surface area contributed by atoms with Gasteiger partial charge in [-0.25, -0.2) is 0 Å². The maximum atomic E-state index is 12.7. The molecule has 0 fully saturated rings. The lowest BCUT2D eigenvalue weighted by molar-refractivity contribution is 0.0773. The van der Waals surface area contributed by atoms with Crippen LogP contribution in [0.1, 0.15) is 10.4 Å². The molecule has 3 aromatic rings. The van der Waals surface area contributed by atoms with Gasteiger partial charge in [-0.15, -0.1) is 5.10 Å². The lowest BCUT2D eigenvalue weighted by Crippen LogP contribution is -2.31. The monoisotopic (exact) mass is 357 g/mol. The molecule has 0 atom stereocenters. The van der Waals surface area contributed by atoms with E-state index in [0.717, 1.165) is 0 Å². The number of likely N-dealkylation sites (N-methyl/N-ethyl adjacent to an activating group) is 1. The van der Waals surface area contributed by atoms with Crippen molar-refractivity contribution in [1.29, 1.82) is 0 Å². The van der Waals surface area contributed by atoms with Gasteiger partial charge >= 0.3 is 0 Å². The van der Waals surface area contributed by atoms with E-state index in [1.807, 2.05) is 6.07 Å². The average molecular weight is 358 g/mol. The Bertz CT molecular complexity index is 837. The van der Waals surface area contributed by atoms with Crippen molar-refractivity contribution in [2.75, 3.05) is 20.2 Å². The fourth-order valence-corrected chi connectivity index (χ4v) is 2.39. The number of para-hydroxylation sites is 1. The fraction of sp³-hybridized carbons (Fsp3) is 0.176. The number of hydrogen-bond donors (Lipinski definition) is 0. The first kappa shape index (κ1) is 16.9. The lowest BCUT2D eigenvalue weighted by Gasteiger charge is -2.19. The van der Waals surface area contributed by atoms with Crippen LogP contribution < -0.4 is 4.74 Å². The number of carbonyl (C=O) groups excluding carboxylic acids is 1. The standard InChI is InChI=1S/C17H16ClN5O2/c1-22(10-11-25-14-8-6-13(18)7-9-14)17(24)15-4-2-3-5-16(15)23-12-19-20-21-23/h2-9,12H,10-11H2,1H3. The van der Waals surface area contributed by atoms with Crippen molar-refractivity contribution in [3.05, 3.63) is 65.4 Å². The number of aromatic nitrogens is 4. The van der Waals surface area contributed by atoms with Gasteiger partial charge in [0.25, 0.3) is 5.91 Å². The van der Waals surface area contributed by atoms with Crippen LogP contribution in [0.5, 0.6) is 5.75 Å². The molecule has 0 spiro atoms. The molecule has 3 rings (SSSR count). The number of benzene rings is 2. The molecule has 1 aromatic heterocycles. The second-order valence-corrected chi connectivity index (χ2v) is 5.74. The third kappa shape index (κ3) is 4.13. The Hall–Kier alpha value is -2.93. The summed E-state index contributed by atoms with van der Waals surface area (Å²) >= 11 is 5.84. The summed E-state index contributed by atoms with van der Waals surface area (Å²) in [7, 11) is 1.73. The third-order valence-electron chi connectivity index (χ3n) is 3.59. The quantitative estimate of drug-likeness (QED) is 0.677. The number of ether oxygens (including phenoxy) is 1. The summed E-state index contributed by atoms with van der Waals surface area (Å²) in [5.41, 5.74) is 1.15. The van der Waals surface area contributed by atoms with E-state index in [0.29, 0.717) is 35.2 Å². The highest BCUT2D eigenvalue weighted by Crippen LogP contribution is 2.16. The molecular formula is C17H16ClN5O2. The van der Waals surface area contributed by atoms with Crippen molar-refractivity contribution in [3.8, 4) is 11.4 Å². The Kier molecular flexibility index (Phi) is 5.25. The van der Waals surface area contributed by atoms with Gasteiger partial charge in [0, 0.05) is 12.1 Å². The highest BCUT2D eigenvalue weighted by Gasteiger charge is 2.17. The molecule has 1 heterocycles. The number of halogens is 1. The molecule has 0 aliphatic carbocycles. The second kappa shape index (κ2) is 7.76. The van der Waals surface area contributed by atoms with E-state index >= 15 is 0 Å². The Balaban J connectivity index is 1.64. The van der Waals surface area contributed by atoms with E-state index in [1.54, 1.807) is 54.4 Å². The number of tetrazole rings is 1. The van der Waals surface area contributed by atoms with Crippen molar-refractivity contribution < 1.29 is 9.53 Å². The van der Waals surface area contributed by atoms with Crippen molar-refractivity contribution in [3.63, 3.8) is 0 Å². The molecule has 0 N–H and O–H groups in total. The molecule has 0 saturated carbocycles. The van der Waals surface area contributed by atoms with Gasteiger partial charge in [-0.3, -0.25) is 4.79 Å². The minimum Gasteiger partial charge on any atom is -0.492 e. The molecule has 25 heavy (non-hydrogen) atoms. The third-order valence-corrected chi connectivity index (χ3v) is 3.84. The molecule has 128 valence electrons. The summed E-state index contributed by atoms with van der Waals surface area (Å²) in [6, 6.07) is 14.3. The Morgan fingerprint density at radius 1 is 1.20 bits per heavy atom. The summed E-state index contributed by atoms with van der Waals surface area (Å²) in [4.78, 5) is 14.3. The predicted molar refractivity (Wildman–Crippen MR) is 93.1 cm³/mol. The summed E-state index contributed by atoms with van der Waals surface area (Å²) < 4.78 is 7.09. The van der Waals surface area contributed by atoms with Crippen molar-refractivity contribution in [1.82, 2.24) is 25.1 Å². The summed E-state index contributed by atoms with van der Waals surface area (Å²) in [5.74, 6) is 0.574. The average Bonchev–Trinajstić information content (AvgIpc) is 3.17. The molecule has 0 aliphatic rings. The normalized spacial score (nSPS) is 10.5. The first-order valence-corrected chi connectivity index (χ1v) is 7.99. The number of amides is 1. The maximum absolute atomic E-state index is 12.7. The van der Waals surface area contributed by atoms with Gasteiger partial charge in [0.2, 0.25) is 0 Å². The Labute approximate surface area is 149 Å². The molecule has 0 unspecified atom stereocenters. The van der Waals surface area contributed by atoms with Gasteiger partial charge in [-0.05, 0) is 46.8 Å². The molecule has 0 saturated heterocycles. The highest BCUT2D eigenvalue weighted by molar-refractivity contribution is 6.30. The van der Waals surface area contributed by atoms with E-state index in [-0.39, 0.29) is 5.91 Å². The van der Waals surface area contributed by atoms with Gasteiger partial charge in [0.15, 0.2) is 0 Å². The summed E-state index contributed by atoms with van der Waals surface area (Å²) in [6.07, 6.45) is 1.45. The molecule has 7 nitrogen and oxygen atoms in total. The Morgan fingerprint density at radius 2 is 1.96 bits per heavy atom. The van der Waals surface area contributed by atoms with Crippen LogP contribution in [0.15, 0.2) is 54.9 Å². The van der Waals surface area contributed by atoms with Gasteiger partial charge in [-0.2, -0.15) is 4.68 Å². The minimum absolute atomic E-state index is 0.134. The first-order chi connectivity index (χ1) is 12.1. The molecule has 0 bridgehead atoms. The van der Waals surface area contributed by atoms with E-state index in [1.165, 1.54) is 11.0 Å². The van der Waals surface area contributed by atoms with Crippen molar-refractivity contribution >= 4 is 17.5 Å². The topological polar surface area (TPSA) is 73.1 Å². The van der Waals surface area contributed by atoms with Gasteiger partial charge in [0.05, 0.1) is 17.8 Å². The minimum atomic E-state index is -0.134. The zero-order valence-electron chi connectivity index (χ0n) is 13.5. The van der Waals surface area contributed by atoms with E-state index in [9.17, 15) is 4.79 Å². The predicted octanol–water partition coefficient (Wildman–Crippen LogP) is 2.47. The van der Waals surface area contributed by atoms with Gasteiger partial charge in [-0.1, -0.05) is 23.7 Å². The zero-order chi connectivity index (χ0) is 17.6. The second-order valence-electron chi connectivity index (χ2n) is 5.30. The van der Waals surface area contributed by atoms with Crippen molar-refractivity contribution in [2.45, 2.75) is 0 Å². The first-order valence-electron chi connectivity index (χ1n) is 7.61. The number of hydrogen-bond acceptors (Lipinski definition) is 5. The number of rotatable bonds is 6. The molecular weight excluding hydrogens is 342 g/mol. The summed E-state index contributed by atoms with van der Waals surface area (Å²) in [5, 5.41) is 11.7. The lowest BCUT2D eigenvalue weighted by atomic mass is 10.1. The van der Waals surface area contributed by atoms with Gasteiger partial charge in [0.1, 0.15) is 18.7 Å². The zero-order valence-corrected chi connectivity index (χ0v) is 14.3. The fourth-order valence-electron chi connectivity index (χ4n) is 2.26. The van der Waals surface area contributed by atoms with E-state index in [2.05, 4.69) is 15.5 Å². The molecule has 2 aromatic carbocycles. The molecule has 8 heteroatoms. The van der Waals surface area contributed by atoms with Gasteiger partial charge < -0.3 is 9.64 Å². The number of carbonyl (C=O) groups is 1. The van der Waals surface area contributed by atoms with Crippen molar-refractivity contribution in [2.24, 2.45) is 0 Å². The van der Waals surface area contributed by atoms with Crippen LogP contribution >= 0.6 is 11.6 Å². The van der Waals surface area contributed by atoms with Crippen LogP contribution in [-0.2, 0) is 0 Å². The molecule has 1 amide bonds. The maximum Gasteiger partial charge on any atom is 0.255 e. The van der Waals surface area contributed by atoms with Crippen LogP contribution in [0.2, 0.25) is 5.02 Å². The summed E-state index contributed by atoms with van der Waals surface area (Å²) in [6.45, 7) is 0.808. The SMILES string of the molecule is CN(CCOc1ccc(Cl)cc1)C(=O)c1ccccc1-n1cnnn1. The number of nitrogens with zero attached hydrogens (tertiary/aromatic N) is 5. The highest BCUT2D eigenvalue weighted by atomic mass is 35.5. The molecule has 0 radical (unpaired) electrons.